The summed E-state index contributed by atoms with van der Waals surface area (Å²) in [6.07, 6.45) is 2.61. The summed E-state index contributed by atoms with van der Waals surface area (Å²) in [5.74, 6) is 0.955. The summed E-state index contributed by atoms with van der Waals surface area (Å²) in [4.78, 5) is 13.5. The number of nitrogens with zero attached hydrogens (tertiary/aromatic N) is 2. The molecule has 0 aromatic carbocycles. The van der Waals surface area contributed by atoms with Crippen molar-refractivity contribution in [3.05, 3.63) is 34.6 Å². The minimum Gasteiger partial charge on any atom is -0.419 e. The van der Waals surface area contributed by atoms with Crippen LogP contribution < -0.4 is 10.9 Å². The average molecular weight is 248 g/mol. The second-order valence-electron chi connectivity index (χ2n) is 4.06. The Bertz CT molecular complexity index is 541. The third kappa shape index (κ3) is 2.84. The van der Waals surface area contributed by atoms with Gasteiger partial charge in [-0.2, -0.15) is 0 Å². The molecule has 0 bridgehead atoms. The molecule has 0 spiro atoms. The highest BCUT2D eigenvalue weighted by Crippen LogP contribution is 2.18. The molecular formula is C12H16N4O2. The van der Waals surface area contributed by atoms with Crippen molar-refractivity contribution in [1.29, 1.82) is 0 Å². The van der Waals surface area contributed by atoms with Crippen molar-refractivity contribution in [2.75, 3.05) is 6.54 Å². The van der Waals surface area contributed by atoms with Crippen LogP contribution in [0.3, 0.4) is 0 Å². The van der Waals surface area contributed by atoms with Crippen LogP contribution in [0.4, 0.5) is 0 Å². The summed E-state index contributed by atoms with van der Waals surface area (Å²) in [7, 11) is 0. The first-order valence-electron chi connectivity index (χ1n) is 5.96. The molecule has 96 valence electrons. The largest absolute Gasteiger partial charge is 0.419 e. The van der Waals surface area contributed by atoms with E-state index in [4.69, 9.17) is 4.42 Å². The lowest BCUT2D eigenvalue weighted by Gasteiger charge is -2.07. The van der Waals surface area contributed by atoms with E-state index in [2.05, 4.69) is 27.4 Å². The molecule has 0 aliphatic carbocycles. The van der Waals surface area contributed by atoms with Crippen molar-refractivity contribution in [2.24, 2.45) is 0 Å². The molecule has 2 N–H and O–H groups in total. The van der Waals surface area contributed by atoms with Gasteiger partial charge >= 0.3 is 0 Å². The number of aromatic amines is 1. The Labute approximate surface area is 104 Å². The maximum Gasteiger partial charge on any atom is 0.249 e. The van der Waals surface area contributed by atoms with Crippen molar-refractivity contribution in [2.45, 2.75) is 26.3 Å². The third-order valence-electron chi connectivity index (χ3n) is 2.54. The fourth-order valence-electron chi connectivity index (χ4n) is 1.52. The lowest BCUT2D eigenvalue weighted by atomic mass is 10.3. The zero-order valence-electron chi connectivity index (χ0n) is 10.4. The number of H-pyrrole nitrogens is 1. The molecule has 0 radical (unpaired) electrons. The average Bonchev–Trinajstić information content (AvgIpc) is 2.86. The van der Waals surface area contributed by atoms with Gasteiger partial charge in [-0.05, 0) is 26.0 Å². The number of hydrogen-bond donors (Lipinski definition) is 2. The second-order valence-corrected chi connectivity index (χ2v) is 4.06. The van der Waals surface area contributed by atoms with Gasteiger partial charge in [-0.3, -0.25) is 4.79 Å². The van der Waals surface area contributed by atoms with Gasteiger partial charge in [0.25, 0.3) is 0 Å². The zero-order chi connectivity index (χ0) is 13.0. The highest BCUT2D eigenvalue weighted by molar-refractivity contribution is 5.49. The number of pyridine rings is 1. The first kappa shape index (κ1) is 12.5. The van der Waals surface area contributed by atoms with Crippen LogP contribution in [0.15, 0.2) is 27.5 Å². The van der Waals surface area contributed by atoms with Crippen LogP contribution in [0, 0.1) is 0 Å². The van der Waals surface area contributed by atoms with Gasteiger partial charge < -0.3 is 14.7 Å². The Hall–Kier alpha value is -1.95. The van der Waals surface area contributed by atoms with Crippen molar-refractivity contribution in [1.82, 2.24) is 20.5 Å². The molecule has 0 aliphatic rings. The molecule has 0 saturated heterocycles. The summed E-state index contributed by atoms with van der Waals surface area (Å²) in [5.41, 5.74) is 0.549. The molecule has 6 heteroatoms. The van der Waals surface area contributed by atoms with Crippen LogP contribution in [0.2, 0.25) is 0 Å². The molecule has 0 aliphatic heterocycles. The van der Waals surface area contributed by atoms with Crippen LogP contribution in [-0.2, 0) is 0 Å². The minimum atomic E-state index is -0.156. The summed E-state index contributed by atoms with van der Waals surface area (Å²) in [6, 6.07) is 3.10. The van der Waals surface area contributed by atoms with E-state index < -0.39 is 0 Å². The number of rotatable bonds is 5. The second kappa shape index (κ2) is 5.59. The molecule has 18 heavy (non-hydrogen) atoms. The molecule has 0 amide bonds. The van der Waals surface area contributed by atoms with E-state index in [1.54, 1.807) is 12.3 Å². The molecule has 1 atom stereocenters. The first-order chi connectivity index (χ1) is 8.70. The quantitative estimate of drug-likeness (QED) is 0.837. The van der Waals surface area contributed by atoms with Gasteiger partial charge in [-0.1, -0.05) is 6.92 Å². The molecule has 0 saturated carbocycles. The smallest absolute Gasteiger partial charge is 0.249 e. The number of nitrogens with one attached hydrogen (secondary N) is 2. The lowest BCUT2D eigenvalue weighted by molar-refractivity contribution is 0.423. The van der Waals surface area contributed by atoms with Crippen molar-refractivity contribution in [3.8, 4) is 11.5 Å². The van der Waals surface area contributed by atoms with Crippen molar-refractivity contribution >= 4 is 0 Å². The Morgan fingerprint density at radius 2 is 2.28 bits per heavy atom. The van der Waals surface area contributed by atoms with E-state index in [0.717, 1.165) is 13.0 Å². The summed E-state index contributed by atoms with van der Waals surface area (Å²) < 4.78 is 5.56. The third-order valence-corrected chi connectivity index (χ3v) is 2.54. The minimum absolute atomic E-state index is 0.0222. The predicted octanol–water partition coefficient (Wildman–Crippen LogP) is 1.49. The van der Waals surface area contributed by atoms with Gasteiger partial charge in [0, 0.05) is 12.3 Å². The fourth-order valence-corrected chi connectivity index (χ4v) is 1.52. The monoisotopic (exact) mass is 248 g/mol. The Balaban J connectivity index is 2.14. The van der Waals surface area contributed by atoms with Crippen molar-refractivity contribution in [3.63, 3.8) is 0 Å². The summed E-state index contributed by atoms with van der Waals surface area (Å²) in [5, 5.41) is 11.2. The van der Waals surface area contributed by atoms with Gasteiger partial charge in [-0.15, -0.1) is 10.2 Å². The van der Waals surface area contributed by atoms with E-state index in [-0.39, 0.29) is 11.6 Å². The van der Waals surface area contributed by atoms with Gasteiger partial charge in [0.2, 0.25) is 17.3 Å². The topological polar surface area (TPSA) is 83.8 Å². The van der Waals surface area contributed by atoms with Crippen LogP contribution >= 0.6 is 0 Å². The standard InChI is InChI=1S/C12H16N4O2/c1-3-6-13-8(2)11-15-16-12(18-11)9-4-5-10(17)14-7-9/h4-5,7-8,13H,3,6H2,1-2H3,(H,14,17). The van der Waals surface area contributed by atoms with E-state index in [1.807, 2.05) is 6.92 Å². The highest BCUT2D eigenvalue weighted by Gasteiger charge is 2.14. The molecule has 2 aromatic heterocycles. The zero-order valence-corrected chi connectivity index (χ0v) is 10.4. The molecular weight excluding hydrogens is 232 g/mol. The van der Waals surface area contributed by atoms with Gasteiger partial charge in [0.1, 0.15) is 0 Å². The van der Waals surface area contributed by atoms with Gasteiger partial charge in [0.05, 0.1) is 11.6 Å². The SMILES string of the molecule is CCCNC(C)c1nnc(-c2ccc(=O)[nH]c2)o1. The lowest BCUT2D eigenvalue weighted by Crippen LogP contribution is -2.19. The predicted molar refractivity (Wildman–Crippen MR) is 67.1 cm³/mol. The number of aromatic nitrogens is 3. The fraction of sp³-hybridized carbons (Fsp3) is 0.417. The molecule has 2 heterocycles. The van der Waals surface area contributed by atoms with Gasteiger partial charge in [-0.25, -0.2) is 0 Å². The molecule has 2 rings (SSSR count). The maximum atomic E-state index is 11.0. The van der Waals surface area contributed by atoms with Crippen molar-refractivity contribution < 1.29 is 4.42 Å². The molecule has 1 unspecified atom stereocenters. The van der Waals surface area contributed by atoms with Crippen LogP contribution in [0.5, 0.6) is 0 Å². The molecule has 6 nitrogen and oxygen atoms in total. The van der Waals surface area contributed by atoms with E-state index in [9.17, 15) is 4.79 Å². The van der Waals surface area contributed by atoms with Gasteiger partial charge in [0.15, 0.2) is 0 Å². The van der Waals surface area contributed by atoms with E-state index in [1.165, 1.54) is 6.07 Å². The van der Waals surface area contributed by atoms with Crippen LogP contribution in [-0.4, -0.2) is 21.7 Å². The maximum absolute atomic E-state index is 11.0. The van der Waals surface area contributed by atoms with Crippen LogP contribution in [0.25, 0.3) is 11.5 Å². The highest BCUT2D eigenvalue weighted by atomic mass is 16.4. The Kier molecular flexibility index (Phi) is 3.88. The molecule has 2 aromatic rings. The Morgan fingerprint density at radius 3 is 2.94 bits per heavy atom. The summed E-state index contributed by atoms with van der Waals surface area (Å²) in [6.45, 7) is 4.97. The van der Waals surface area contributed by atoms with E-state index >= 15 is 0 Å². The Morgan fingerprint density at radius 1 is 1.44 bits per heavy atom. The van der Waals surface area contributed by atoms with Crippen LogP contribution in [0.1, 0.15) is 32.2 Å². The normalized spacial score (nSPS) is 12.6. The number of hydrogen-bond acceptors (Lipinski definition) is 5. The molecule has 0 fully saturated rings. The van der Waals surface area contributed by atoms with E-state index in [0.29, 0.717) is 17.3 Å². The summed E-state index contributed by atoms with van der Waals surface area (Å²) >= 11 is 0. The first-order valence-corrected chi connectivity index (χ1v) is 5.96.